The van der Waals surface area contributed by atoms with E-state index in [0.717, 1.165) is 0 Å². The zero-order chi connectivity index (χ0) is 12.4. The van der Waals surface area contributed by atoms with Crippen molar-refractivity contribution in [2.24, 2.45) is 0 Å². The van der Waals surface area contributed by atoms with Gasteiger partial charge in [0.1, 0.15) is 11.5 Å². The standard InChI is InChI=1S/C9H7BrF4O2/c1-15-6-2-4-7(5-3-6)16-8(10,11)9(12,13)14/h2-5H,1H3. The molecule has 0 N–H and O–H groups in total. The molecule has 2 nitrogen and oxygen atoms in total. The minimum Gasteiger partial charge on any atom is -0.497 e. The second-order valence-corrected chi connectivity index (χ2v) is 3.81. The molecule has 0 heterocycles. The average Bonchev–Trinajstić information content (AvgIpc) is 2.16. The molecule has 0 radical (unpaired) electrons. The first-order valence-electron chi connectivity index (χ1n) is 4.04. The van der Waals surface area contributed by atoms with Gasteiger partial charge in [-0.2, -0.15) is 17.6 Å². The summed E-state index contributed by atoms with van der Waals surface area (Å²) in [7, 11) is 1.40. The van der Waals surface area contributed by atoms with Crippen LogP contribution in [0.1, 0.15) is 0 Å². The first-order chi connectivity index (χ1) is 7.26. The van der Waals surface area contributed by atoms with Crippen LogP contribution in [-0.4, -0.2) is 18.1 Å². The third-order valence-electron chi connectivity index (χ3n) is 1.64. The molecule has 1 rings (SSSR count). The van der Waals surface area contributed by atoms with Crippen LogP contribution in [0.15, 0.2) is 24.3 Å². The maximum Gasteiger partial charge on any atom is 0.472 e. The monoisotopic (exact) mass is 302 g/mol. The zero-order valence-electron chi connectivity index (χ0n) is 8.02. The number of ether oxygens (including phenoxy) is 2. The van der Waals surface area contributed by atoms with Gasteiger partial charge < -0.3 is 9.47 Å². The lowest BCUT2D eigenvalue weighted by Crippen LogP contribution is -2.40. The van der Waals surface area contributed by atoms with E-state index in [1.54, 1.807) is 0 Å². The lowest BCUT2D eigenvalue weighted by atomic mass is 10.3. The van der Waals surface area contributed by atoms with Gasteiger partial charge in [-0.1, -0.05) is 0 Å². The second-order valence-electron chi connectivity index (χ2n) is 2.79. The fraction of sp³-hybridized carbons (Fsp3) is 0.333. The van der Waals surface area contributed by atoms with Crippen molar-refractivity contribution in [2.45, 2.75) is 10.9 Å². The van der Waals surface area contributed by atoms with E-state index in [0.29, 0.717) is 5.75 Å². The van der Waals surface area contributed by atoms with E-state index in [2.05, 4.69) is 4.74 Å². The molecule has 90 valence electrons. The van der Waals surface area contributed by atoms with Gasteiger partial charge in [0.25, 0.3) is 0 Å². The van der Waals surface area contributed by atoms with Crippen LogP contribution in [0.4, 0.5) is 17.6 Å². The topological polar surface area (TPSA) is 18.5 Å². The maximum atomic E-state index is 13.0. The summed E-state index contributed by atoms with van der Waals surface area (Å²) in [5.74, 6) is 0.163. The van der Waals surface area contributed by atoms with Gasteiger partial charge in [-0.05, 0) is 24.3 Å². The first kappa shape index (κ1) is 13.1. The SMILES string of the molecule is COc1ccc(OC(F)(Br)C(F)(F)F)cc1. The molecule has 0 amide bonds. The van der Waals surface area contributed by atoms with Crippen molar-refractivity contribution < 1.29 is 27.0 Å². The van der Waals surface area contributed by atoms with Crippen molar-refractivity contribution in [3.05, 3.63) is 24.3 Å². The second kappa shape index (κ2) is 4.48. The van der Waals surface area contributed by atoms with E-state index >= 15 is 0 Å². The maximum absolute atomic E-state index is 13.0. The quantitative estimate of drug-likeness (QED) is 0.627. The van der Waals surface area contributed by atoms with Crippen LogP contribution in [0.25, 0.3) is 0 Å². The van der Waals surface area contributed by atoms with Crippen LogP contribution >= 0.6 is 15.9 Å². The fourth-order valence-corrected chi connectivity index (χ4v) is 1.04. The molecule has 16 heavy (non-hydrogen) atoms. The Bertz CT molecular complexity index is 348. The summed E-state index contributed by atoms with van der Waals surface area (Å²) in [5.41, 5.74) is 0. The Hall–Kier alpha value is -0.980. The lowest BCUT2D eigenvalue weighted by Gasteiger charge is -2.22. The van der Waals surface area contributed by atoms with E-state index in [1.807, 2.05) is 15.9 Å². The number of rotatable bonds is 3. The third-order valence-corrected chi connectivity index (χ3v) is 2.25. The molecule has 1 unspecified atom stereocenters. The number of hydrogen-bond acceptors (Lipinski definition) is 2. The molecule has 0 aliphatic rings. The summed E-state index contributed by atoms with van der Waals surface area (Å²) in [6, 6.07) is 5.05. The van der Waals surface area contributed by atoms with Crippen molar-refractivity contribution in [1.29, 1.82) is 0 Å². The molecule has 1 aromatic carbocycles. The van der Waals surface area contributed by atoms with E-state index in [-0.39, 0.29) is 5.75 Å². The predicted octanol–water partition coefficient (Wildman–Crippen LogP) is 3.65. The van der Waals surface area contributed by atoms with Crippen LogP contribution in [0.2, 0.25) is 0 Å². The molecule has 0 aliphatic heterocycles. The van der Waals surface area contributed by atoms with Gasteiger partial charge in [0.15, 0.2) is 0 Å². The van der Waals surface area contributed by atoms with Crippen LogP contribution in [-0.2, 0) is 0 Å². The Morgan fingerprint density at radius 2 is 1.44 bits per heavy atom. The van der Waals surface area contributed by atoms with Gasteiger partial charge in [0.2, 0.25) is 0 Å². The summed E-state index contributed by atoms with van der Waals surface area (Å²) >= 11 is 1.83. The Morgan fingerprint density at radius 3 is 1.81 bits per heavy atom. The Labute approximate surface area is 97.3 Å². The molecule has 7 heteroatoms. The Kier molecular flexibility index (Phi) is 3.67. The molecule has 0 fully saturated rings. The van der Waals surface area contributed by atoms with E-state index < -0.39 is 10.9 Å². The summed E-state index contributed by atoms with van der Waals surface area (Å²) < 4.78 is 54.3. The van der Waals surface area contributed by atoms with Gasteiger partial charge in [-0.3, -0.25) is 0 Å². The minimum absolute atomic E-state index is 0.266. The molecule has 0 saturated carbocycles. The van der Waals surface area contributed by atoms with Gasteiger partial charge in [0.05, 0.1) is 7.11 Å². The summed E-state index contributed by atoms with van der Waals surface area (Å²) in [5, 5.41) is 0. The first-order valence-corrected chi connectivity index (χ1v) is 4.83. The highest BCUT2D eigenvalue weighted by molar-refractivity contribution is 9.10. The summed E-state index contributed by atoms with van der Waals surface area (Å²) in [4.78, 5) is 0. The Morgan fingerprint density at radius 1 is 1.00 bits per heavy atom. The molecule has 0 saturated heterocycles. The number of alkyl halides is 5. The molecule has 1 aromatic rings. The third kappa shape index (κ3) is 3.01. The normalized spacial score (nSPS) is 15.4. The van der Waals surface area contributed by atoms with E-state index in [4.69, 9.17) is 4.74 Å². The Balaban J connectivity index is 2.80. The average molecular weight is 303 g/mol. The summed E-state index contributed by atoms with van der Waals surface area (Å²) in [6.07, 6.45) is -5.16. The van der Waals surface area contributed by atoms with Crippen molar-refractivity contribution in [1.82, 2.24) is 0 Å². The van der Waals surface area contributed by atoms with E-state index in [1.165, 1.54) is 31.4 Å². The molecular formula is C9H7BrF4O2. The van der Waals surface area contributed by atoms with Crippen LogP contribution in [0.3, 0.4) is 0 Å². The number of benzene rings is 1. The number of halogens is 5. The zero-order valence-corrected chi connectivity index (χ0v) is 9.60. The van der Waals surface area contributed by atoms with Crippen LogP contribution in [0.5, 0.6) is 11.5 Å². The highest BCUT2D eigenvalue weighted by atomic mass is 79.9. The molecule has 1 atom stereocenters. The number of hydrogen-bond donors (Lipinski definition) is 0. The van der Waals surface area contributed by atoms with Gasteiger partial charge >= 0.3 is 10.9 Å². The number of methoxy groups -OCH3 is 1. The van der Waals surface area contributed by atoms with Gasteiger partial charge in [-0.25, -0.2) is 0 Å². The van der Waals surface area contributed by atoms with Gasteiger partial charge in [0, 0.05) is 15.9 Å². The minimum atomic E-state index is -5.16. The predicted molar refractivity (Wildman–Crippen MR) is 52.4 cm³/mol. The van der Waals surface area contributed by atoms with Crippen molar-refractivity contribution in [3.8, 4) is 11.5 Å². The molecule has 0 spiro atoms. The highest BCUT2D eigenvalue weighted by Crippen LogP contribution is 2.40. The molecule has 0 bridgehead atoms. The lowest BCUT2D eigenvalue weighted by molar-refractivity contribution is -0.252. The van der Waals surface area contributed by atoms with Crippen molar-refractivity contribution >= 4 is 15.9 Å². The van der Waals surface area contributed by atoms with E-state index in [9.17, 15) is 17.6 Å². The largest absolute Gasteiger partial charge is 0.497 e. The summed E-state index contributed by atoms with van der Waals surface area (Å²) in [6.45, 7) is 0. The molecular weight excluding hydrogens is 296 g/mol. The highest BCUT2D eigenvalue weighted by Gasteiger charge is 2.57. The van der Waals surface area contributed by atoms with Crippen LogP contribution in [0, 0.1) is 0 Å². The molecule has 0 aromatic heterocycles. The van der Waals surface area contributed by atoms with Crippen molar-refractivity contribution in [2.75, 3.05) is 7.11 Å². The smallest absolute Gasteiger partial charge is 0.472 e. The van der Waals surface area contributed by atoms with Crippen molar-refractivity contribution in [3.63, 3.8) is 0 Å². The van der Waals surface area contributed by atoms with Crippen LogP contribution < -0.4 is 9.47 Å². The van der Waals surface area contributed by atoms with Gasteiger partial charge in [-0.15, -0.1) is 0 Å². The fourth-order valence-electron chi connectivity index (χ4n) is 0.850. The molecule has 0 aliphatic carbocycles.